The Bertz CT molecular complexity index is 764. The molecule has 1 amide bonds. The fraction of sp³-hybridized carbons (Fsp3) is 0.500. The Hall–Kier alpha value is -2.38. The predicted octanol–water partition coefficient (Wildman–Crippen LogP) is 1.62. The van der Waals surface area contributed by atoms with Gasteiger partial charge in [-0.1, -0.05) is 6.07 Å². The molecule has 142 valence electrons. The Kier molecular flexibility index (Phi) is 5.13. The van der Waals surface area contributed by atoms with Crippen molar-refractivity contribution in [3.8, 4) is 0 Å². The summed E-state index contributed by atoms with van der Waals surface area (Å²) >= 11 is 0. The van der Waals surface area contributed by atoms with Crippen molar-refractivity contribution in [2.24, 2.45) is 5.92 Å². The monoisotopic (exact) mass is 367 g/mol. The molecule has 2 aliphatic heterocycles. The molecule has 1 spiro atoms. The second-order valence-corrected chi connectivity index (χ2v) is 7.63. The molecular formula is C20H25N5O2. The van der Waals surface area contributed by atoms with Gasteiger partial charge in [0.05, 0.1) is 42.4 Å². The second kappa shape index (κ2) is 7.70. The van der Waals surface area contributed by atoms with E-state index in [1.807, 2.05) is 23.1 Å². The van der Waals surface area contributed by atoms with E-state index in [0.29, 0.717) is 18.1 Å². The van der Waals surface area contributed by atoms with Gasteiger partial charge in [0.2, 0.25) is 0 Å². The van der Waals surface area contributed by atoms with E-state index in [0.717, 1.165) is 44.8 Å². The lowest BCUT2D eigenvalue weighted by atomic mass is 9.75. The minimum absolute atomic E-state index is 0.0393. The second-order valence-electron chi connectivity index (χ2n) is 7.63. The molecule has 4 rings (SSSR count). The summed E-state index contributed by atoms with van der Waals surface area (Å²) in [5.41, 5.74) is 1.65. The highest BCUT2D eigenvalue weighted by Crippen LogP contribution is 2.38. The fourth-order valence-electron chi connectivity index (χ4n) is 4.14. The van der Waals surface area contributed by atoms with Crippen molar-refractivity contribution < 1.29 is 9.53 Å². The Morgan fingerprint density at radius 2 is 2.15 bits per heavy atom. The van der Waals surface area contributed by atoms with Gasteiger partial charge < -0.3 is 9.64 Å². The van der Waals surface area contributed by atoms with Gasteiger partial charge in [0.25, 0.3) is 5.91 Å². The van der Waals surface area contributed by atoms with Crippen LogP contribution in [-0.4, -0.2) is 69.7 Å². The van der Waals surface area contributed by atoms with Crippen LogP contribution in [0.25, 0.3) is 0 Å². The summed E-state index contributed by atoms with van der Waals surface area (Å²) in [7, 11) is 2.17. The molecule has 0 radical (unpaired) electrons. The van der Waals surface area contributed by atoms with Gasteiger partial charge in [0.15, 0.2) is 0 Å². The minimum Gasteiger partial charge on any atom is -0.375 e. The smallest absolute Gasteiger partial charge is 0.255 e. The van der Waals surface area contributed by atoms with Crippen LogP contribution in [0.5, 0.6) is 0 Å². The molecular weight excluding hydrogens is 342 g/mol. The molecule has 2 aromatic rings. The van der Waals surface area contributed by atoms with Crippen molar-refractivity contribution in [3.05, 3.63) is 54.1 Å². The maximum absolute atomic E-state index is 12.6. The lowest BCUT2D eigenvalue weighted by molar-refractivity contribution is -0.0769. The largest absolute Gasteiger partial charge is 0.375 e. The highest BCUT2D eigenvalue weighted by molar-refractivity contribution is 5.94. The van der Waals surface area contributed by atoms with Crippen LogP contribution in [0, 0.1) is 5.92 Å². The van der Waals surface area contributed by atoms with Crippen molar-refractivity contribution in [2.75, 3.05) is 33.3 Å². The van der Waals surface area contributed by atoms with Gasteiger partial charge in [-0.2, -0.15) is 10.2 Å². The van der Waals surface area contributed by atoms with Gasteiger partial charge in [-0.25, -0.2) is 0 Å². The highest BCUT2D eigenvalue weighted by atomic mass is 16.5. The molecule has 2 aromatic heterocycles. The maximum atomic E-state index is 12.6. The number of nitrogens with zero attached hydrogens (tertiary/aromatic N) is 5. The number of carbonyl (C=O) groups is 1. The molecule has 0 saturated carbocycles. The third-order valence-corrected chi connectivity index (χ3v) is 5.77. The summed E-state index contributed by atoms with van der Waals surface area (Å²) in [5.74, 6) is 0.558. The lowest BCUT2D eigenvalue weighted by Crippen LogP contribution is -2.72. The Morgan fingerprint density at radius 3 is 2.89 bits per heavy atom. The average Bonchev–Trinajstić information content (AvgIpc) is 2.68. The first-order valence-electron chi connectivity index (χ1n) is 9.41. The first-order chi connectivity index (χ1) is 13.2. The van der Waals surface area contributed by atoms with Crippen LogP contribution in [0.1, 0.15) is 28.9 Å². The van der Waals surface area contributed by atoms with Gasteiger partial charge in [-0.05, 0) is 50.6 Å². The maximum Gasteiger partial charge on any atom is 0.255 e. The molecule has 7 heteroatoms. The summed E-state index contributed by atoms with van der Waals surface area (Å²) in [4.78, 5) is 21.2. The fourth-order valence-corrected chi connectivity index (χ4v) is 4.14. The minimum atomic E-state index is 0.0393. The molecule has 1 atom stereocenters. The summed E-state index contributed by atoms with van der Waals surface area (Å²) in [6, 6.07) is 7.60. The Balaban J connectivity index is 1.30. The topological polar surface area (TPSA) is 71.5 Å². The van der Waals surface area contributed by atoms with Crippen LogP contribution in [-0.2, 0) is 11.3 Å². The lowest BCUT2D eigenvalue weighted by Gasteiger charge is -2.58. The van der Waals surface area contributed by atoms with E-state index in [4.69, 9.17) is 4.74 Å². The van der Waals surface area contributed by atoms with Crippen molar-refractivity contribution in [2.45, 2.75) is 25.0 Å². The summed E-state index contributed by atoms with van der Waals surface area (Å²) in [5, 5.41) is 7.55. The number of aromatic nitrogens is 3. The van der Waals surface area contributed by atoms with Crippen molar-refractivity contribution in [3.63, 3.8) is 0 Å². The van der Waals surface area contributed by atoms with Crippen LogP contribution in [0.3, 0.4) is 0 Å². The van der Waals surface area contributed by atoms with Crippen molar-refractivity contribution in [1.29, 1.82) is 0 Å². The quantitative estimate of drug-likeness (QED) is 0.800. The van der Waals surface area contributed by atoms with Gasteiger partial charge in [0, 0.05) is 19.3 Å². The van der Waals surface area contributed by atoms with Crippen LogP contribution >= 0.6 is 0 Å². The normalized spacial score (nSPS) is 21.8. The van der Waals surface area contributed by atoms with Gasteiger partial charge in [-0.3, -0.25) is 14.7 Å². The first kappa shape index (κ1) is 18.0. The van der Waals surface area contributed by atoms with Crippen LogP contribution < -0.4 is 0 Å². The molecule has 0 aromatic carbocycles. The van der Waals surface area contributed by atoms with E-state index in [1.54, 1.807) is 18.5 Å². The van der Waals surface area contributed by atoms with Gasteiger partial charge >= 0.3 is 0 Å². The average molecular weight is 367 g/mol. The third-order valence-electron chi connectivity index (χ3n) is 5.77. The number of likely N-dealkylation sites (N-methyl/N-ethyl adjacent to an activating group) is 1. The number of ether oxygens (including phenoxy) is 1. The number of hydrogen-bond acceptors (Lipinski definition) is 6. The van der Waals surface area contributed by atoms with E-state index in [1.165, 1.54) is 6.20 Å². The zero-order chi connectivity index (χ0) is 18.7. The van der Waals surface area contributed by atoms with E-state index < -0.39 is 0 Å². The van der Waals surface area contributed by atoms with E-state index in [-0.39, 0.29) is 11.4 Å². The SMILES string of the molecule is CN1CC[C@@H](COCc2ccccn2)CC12CN(C(=O)c1ccnnc1)C2. The predicted molar refractivity (Wildman–Crippen MR) is 99.9 cm³/mol. The number of rotatable bonds is 5. The number of piperidine rings is 1. The Labute approximate surface area is 159 Å². The summed E-state index contributed by atoms with van der Waals surface area (Å²) in [6.07, 6.45) is 7.07. The standard InChI is InChI=1S/C20H25N5O2/c1-24-9-6-16(12-27-13-18-4-2-3-7-21-18)10-20(24)14-25(15-20)19(26)17-5-8-22-23-11-17/h2-5,7-8,11,16H,6,9-10,12-15H2,1H3/t16-/m1/s1. The van der Waals surface area contributed by atoms with Crippen LogP contribution in [0.2, 0.25) is 0 Å². The van der Waals surface area contributed by atoms with Gasteiger partial charge in [0.1, 0.15) is 0 Å². The van der Waals surface area contributed by atoms with E-state index in [2.05, 4.69) is 27.1 Å². The highest BCUT2D eigenvalue weighted by Gasteiger charge is 2.51. The van der Waals surface area contributed by atoms with Crippen molar-refractivity contribution >= 4 is 5.91 Å². The Morgan fingerprint density at radius 1 is 1.26 bits per heavy atom. The number of likely N-dealkylation sites (tertiary alicyclic amines) is 2. The molecule has 4 heterocycles. The molecule has 7 nitrogen and oxygen atoms in total. The van der Waals surface area contributed by atoms with E-state index in [9.17, 15) is 4.79 Å². The molecule has 0 N–H and O–H groups in total. The summed E-state index contributed by atoms with van der Waals surface area (Å²) < 4.78 is 5.92. The number of carbonyl (C=O) groups excluding carboxylic acids is 1. The molecule has 0 aliphatic carbocycles. The van der Waals surface area contributed by atoms with Gasteiger partial charge in [-0.15, -0.1) is 0 Å². The molecule has 2 aliphatic rings. The van der Waals surface area contributed by atoms with Crippen LogP contribution in [0.4, 0.5) is 0 Å². The number of pyridine rings is 1. The molecule has 27 heavy (non-hydrogen) atoms. The summed E-state index contributed by atoms with van der Waals surface area (Å²) in [6.45, 7) is 3.87. The zero-order valence-electron chi connectivity index (χ0n) is 15.6. The molecule has 0 unspecified atom stereocenters. The zero-order valence-corrected chi connectivity index (χ0v) is 15.6. The van der Waals surface area contributed by atoms with Crippen molar-refractivity contribution in [1.82, 2.24) is 25.0 Å². The first-order valence-corrected chi connectivity index (χ1v) is 9.41. The van der Waals surface area contributed by atoms with Crippen LogP contribution in [0.15, 0.2) is 42.9 Å². The number of amides is 1. The molecule has 0 bridgehead atoms. The number of hydrogen-bond donors (Lipinski definition) is 0. The van der Waals surface area contributed by atoms with E-state index >= 15 is 0 Å². The molecule has 2 saturated heterocycles. The molecule has 2 fully saturated rings. The third kappa shape index (κ3) is 3.84.